The normalized spacial score (nSPS) is 9.64. The summed E-state index contributed by atoms with van der Waals surface area (Å²) in [6.07, 6.45) is 0. The molecule has 0 unspecified atom stereocenters. The van der Waals surface area contributed by atoms with Crippen molar-refractivity contribution in [3.63, 3.8) is 0 Å². The number of nitrogens with zero attached hydrogens (tertiary/aromatic N) is 1. The first-order valence-electron chi connectivity index (χ1n) is 3.10. The van der Waals surface area contributed by atoms with Gasteiger partial charge in [-0.2, -0.15) is 0 Å². The Labute approximate surface area is 80.4 Å². The summed E-state index contributed by atoms with van der Waals surface area (Å²) < 4.78 is 1.29. The molecule has 60 valence electrons. The zero-order chi connectivity index (χ0) is 8.43. The van der Waals surface area contributed by atoms with Crippen molar-refractivity contribution in [3.8, 4) is 0 Å². The molecule has 11 heavy (non-hydrogen) atoms. The number of hydrogen-bond acceptors (Lipinski definition) is 4. The van der Waals surface area contributed by atoms with Gasteiger partial charge >= 0.3 is 80.4 Å². The summed E-state index contributed by atoms with van der Waals surface area (Å²) in [6, 6.07) is 0. The van der Waals surface area contributed by atoms with Crippen molar-refractivity contribution in [2.24, 2.45) is 0 Å². The third-order valence-electron chi connectivity index (χ3n) is 1.19. The summed E-state index contributed by atoms with van der Waals surface area (Å²) in [5.74, 6) is 0.645. The Morgan fingerprint density at radius 2 is 2.36 bits per heavy atom. The first-order chi connectivity index (χ1) is 5.15. The number of rotatable bonds is 2. The van der Waals surface area contributed by atoms with Gasteiger partial charge in [-0.15, -0.1) is 0 Å². The molecule has 5 heteroatoms. The zero-order valence-corrected chi connectivity index (χ0v) is 10.1. The van der Waals surface area contributed by atoms with Gasteiger partial charge in [0.1, 0.15) is 0 Å². The Morgan fingerprint density at radius 3 is 2.64 bits per heavy atom. The minimum absolute atomic E-state index is 0.645. The van der Waals surface area contributed by atoms with Crippen molar-refractivity contribution in [1.82, 2.24) is 4.98 Å². The van der Waals surface area contributed by atoms with Gasteiger partial charge in [0.25, 0.3) is 0 Å². The Balaban J connectivity index is 3.07. The molecule has 0 aliphatic rings. The van der Waals surface area contributed by atoms with E-state index in [0.29, 0.717) is 5.82 Å². The fourth-order valence-electron chi connectivity index (χ4n) is 0.691. The van der Waals surface area contributed by atoms with Crippen LogP contribution in [0.3, 0.4) is 0 Å². The number of nitrogens with two attached hydrogens (primary N) is 1. The van der Waals surface area contributed by atoms with Gasteiger partial charge in [0.15, 0.2) is 0 Å². The monoisotopic (exact) mass is 339 g/mol. The van der Waals surface area contributed by atoms with E-state index in [9.17, 15) is 0 Å². The molecule has 1 aromatic heterocycles. The first-order valence-corrected chi connectivity index (χ1v) is 5.38. The van der Waals surface area contributed by atoms with Crippen molar-refractivity contribution < 1.29 is 19.4 Å². The summed E-state index contributed by atoms with van der Waals surface area (Å²) in [6.45, 7) is 2.07. The summed E-state index contributed by atoms with van der Waals surface area (Å²) >= 11 is 3.05. The van der Waals surface area contributed by atoms with E-state index in [1.54, 1.807) is 11.3 Å². The van der Waals surface area contributed by atoms with Gasteiger partial charge in [-0.3, -0.25) is 0 Å². The number of aromatic nitrogens is 1. The number of thiazole rings is 1. The maximum absolute atomic E-state index is 5.67. The van der Waals surface area contributed by atoms with E-state index in [1.807, 2.05) is 7.05 Å². The molecule has 0 radical (unpaired) electrons. The number of nitrogen functional groups attached to an aromatic ring is 1. The fourth-order valence-corrected chi connectivity index (χ4v) is 2.25. The SMILES string of the molecule is CNc1nc(N)c([C](C)=[W])s1. The zero-order valence-electron chi connectivity index (χ0n) is 6.34. The van der Waals surface area contributed by atoms with Crippen molar-refractivity contribution in [2.45, 2.75) is 6.92 Å². The molecule has 0 spiro atoms. The van der Waals surface area contributed by atoms with Crippen LogP contribution < -0.4 is 11.1 Å². The molecule has 0 bridgehead atoms. The molecule has 1 rings (SSSR count). The molecule has 0 atom stereocenters. The second-order valence-electron chi connectivity index (χ2n) is 2.04. The van der Waals surface area contributed by atoms with Gasteiger partial charge in [0.05, 0.1) is 0 Å². The third-order valence-corrected chi connectivity index (χ3v) is 3.64. The van der Waals surface area contributed by atoms with Crippen LogP contribution in [0.2, 0.25) is 0 Å². The summed E-state index contributed by atoms with van der Waals surface area (Å²) in [5, 5.41) is 3.85. The quantitative estimate of drug-likeness (QED) is 0.840. The van der Waals surface area contributed by atoms with Crippen LogP contribution in [0.25, 0.3) is 0 Å². The summed E-state index contributed by atoms with van der Waals surface area (Å²) in [5.41, 5.74) is 5.67. The number of nitrogens with one attached hydrogen (secondary N) is 1. The van der Waals surface area contributed by atoms with E-state index in [2.05, 4.69) is 17.2 Å². The molecule has 3 nitrogen and oxygen atoms in total. The first kappa shape index (κ1) is 8.88. The third kappa shape index (κ3) is 1.88. The predicted octanol–water partition coefficient (Wildman–Crippen LogP) is 0.854. The van der Waals surface area contributed by atoms with E-state index < -0.39 is 0 Å². The molecule has 0 amide bonds. The van der Waals surface area contributed by atoms with Crippen LogP contribution in [-0.4, -0.2) is 15.9 Å². The van der Waals surface area contributed by atoms with Crippen molar-refractivity contribution in [3.05, 3.63) is 4.88 Å². The Bertz CT molecular complexity index is 281. The predicted molar refractivity (Wildman–Crippen MR) is 45.9 cm³/mol. The van der Waals surface area contributed by atoms with Crippen LogP contribution in [0.4, 0.5) is 10.9 Å². The molecule has 0 saturated heterocycles. The minimum atomic E-state index is 0.645. The van der Waals surface area contributed by atoms with E-state index >= 15 is 0 Å². The molecular weight excluding hydrogens is 330 g/mol. The van der Waals surface area contributed by atoms with Gasteiger partial charge in [-0.05, 0) is 0 Å². The molecule has 0 aliphatic heterocycles. The van der Waals surface area contributed by atoms with Crippen LogP contribution >= 0.6 is 11.3 Å². The molecule has 1 heterocycles. The van der Waals surface area contributed by atoms with Crippen LogP contribution in [0.1, 0.15) is 11.8 Å². The van der Waals surface area contributed by atoms with Crippen LogP contribution in [-0.2, 0) is 19.4 Å². The van der Waals surface area contributed by atoms with Gasteiger partial charge in [-0.25, -0.2) is 0 Å². The molecule has 3 N–H and O–H groups in total. The average molecular weight is 339 g/mol. The van der Waals surface area contributed by atoms with E-state index in [-0.39, 0.29) is 0 Å². The second kappa shape index (κ2) is 3.46. The van der Waals surface area contributed by atoms with E-state index in [4.69, 9.17) is 5.73 Å². The summed E-state index contributed by atoms with van der Waals surface area (Å²) in [4.78, 5) is 5.24. The second-order valence-corrected chi connectivity index (χ2v) is 5.24. The van der Waals surface area contributed by atoms with Crippen molar-refractivity contribution in [1.29, 1.82) is 0 Å². The van der Waals surface area contributed by atoms with Gasteiger partial charge in [0, 0.05) is 0 Å². The van der Waals surface area contributed by atoms with Crippen LogP contribution in [0, 0.1) is 0 Å². The van der Waals surface area contributed by atoms with E-state index in [0.717, 1.165) is 10.0 Å². The van der Waals surface area contributed by atoms with E-state index in [1.165, 1.54) is 23.3 Å². The Morgan fingerprint density at radius 1 is 1.73 bits per heavy atom. The fraction of sp³-hybridized carbons (Fsp3) is 0.333. The topological polar surface area (TPSA) is 50.9 Å². The molecular formula is C6H9N3SW. The number of anilines is 2. The van der Waals surface area contributed by atoms with Crippen LogP contribution in [0.5, 0.6) is 0 Å². The molecule has 0 aromatic carbocycles. The Kier molecular flexibility index (Phi) is 2.79. The number of hydrogen-bond donors (Lipinski definition) is 2. The van der Waals surface area contributed by atoms with Crippen molar-refractivity contribution in [2.75, 3.05) is 18.1 Å². The van der Waals surface area contributed by atoms with Crippen LogP contribution in [0.15, 0.2) is 0 Å². The summed E-state index contributed by atoms with van der Waals surface area (Å²) in [7, 11) is 1.85. The van der Waals surface area contributed by atoms with Gasteiger partial charge in [-0.1, -0.05) is 0 Å². The average Bonchev–Trinajstić information content (AvgIpc) is 2.30. The van der Waals surface area contributed by atoms with Crippen molar-refractivity contribution >= 4 is 26.2 Å². The molecule has 1 aromatic rings. The maximum atomic E-state index is 5.67. The standard InChI is InChI=1S/C6H9N3S.W/c1-3-4-5(7)9-6(8-2)10-4;/h7H2,1-2H3,(H,8,9);. The Hall–Kier alpha value is -0.212. The van der Waals surface area contributed by atoms with Gasteiger partial charge in [0.2, 0.25) is 0 Å². The molecule has 0 saturated carbocycles. The molecule has 0 fully saturated rings. The van der Waals surface area contributed by atoms with Gasteiger partial charge < -0.3 is 0 Å². The molecule has 0 aliphatic carbocycles.